The molecular weight excluding hydrogens is 206 g/mol. The molecule has 1 aromatic rings. The number of rotatable bonds is 2. The molecule has 1 aliphatic rings. The van der Waals surface area contributed by atoms with Gasteiger partial charge in [0, 0.05) is 12.2 Å². The van der Waals surface area contributed by atoms with Crippen LogP contribution in [0.2, 0.25) is 0 Å². The summed E-state index contributed by atoms with van der Waals surface area (Å²) >= 11 is 0. The van der Waals surface area contributed by atoms with E-state index in [0.29, 0.717) is 11.4 Å². The Bertz CT molecular complexity index is 416. The van der Waals surface area contributed by atoms with Crippen LogP contribution >= 0.6 is 0 Å². The number of nitrogens with zero attached hydrogens (tertiary/aromatic N) is 1. The van der Waals surface area contributed by atoms with E-state index in [2.05, 4.69) is 0 Å². The Morgan fingerprint density at radius 3 is 1.94 bits per heavy atom. The first-order valence-electron chi connectivity index (χ1n) is 4.42. The van der Waals surface area contributed by atoms with E-state index in [1.54, 1.807) is 31.4 Å². The number of anilines is 1. The van der Waals surface area contributed by atoms with E-state index in [1.807, 2.05) is 0 Å². The highest BCUT2D eigenvalue weighted by atomic mass is 16.5. The molecule has 0 bridgehead atoms. The van der Waals surface area contributed by atoms with Crippen LogP contribution in [0.4, 0.5) is 5.69 Å². The third-order valence-corrected chi connectivity index (χ3v) is 2.14. The molecule has 4 nitrogen and oxygen atoms in total. The van der Waals surface area contributed by atoms with Crippen molar-refractivity contribution in [2.45, 2.75) is 7.43 Å². The maximum atomic E-state index is 11.3. The number of hydrogen-bond donors (Lipinski definition) is 0. The first-order chi connectivity index (χ1) is 7.22. The van der Waals surface area contributed by atoms with Crippen LogP contribution in [0.5, 0.6) is 5.75 Å². The van der Waals surface area contributed by atoms with Gasteiger partial charge in [-0.15, -0.1) is 0 Å². The van der Waals surface area contributed by atoms with Crippen molar-refractivity contribution < 1.29 is 14.3 Å². The topological polar surface area (TPSA) is 46.6 Å². The summed E-state index contributed by atoms with van der Waals surface area (Å²) in [5.41, 5.74) is 0.552. The monoisotopic (exact) mass is 219 g/mol. The van der Waals surface area contributed by atoms with E-state index in [9.17, 15) is 9.59 Å². The average molecular weight is 219 g/mol. The number of imide groups is 1. The minimum absolute atomic E-state index is 0. The van der Waals surface area contributed by atoms with Crippen molar-refractivity contribution >= 4 is 17.5 Å². The second-order valence-corrected chi connectivity index (χ2v) is 3.04. The third-order valence-electron chi connectivity index (χ3n) is 2.14. The molecule has 1 heterocycles. The molecule has 1 aliphatic heterocycles. The van der Waals surface area contributed by atoms with Gasteiger partial charge in [0.25, 0.3) is 11.8 Å². The molecule has 0 aromatic heterocycles. The van der Waals surface area contributed by atoms with E-state index < -0.39 is 0 Å². The van der Waals surface area contributed by atoms with Crippen LogP contribution in [0.25, 0.3) is 0 Å². The quantitative estimate of drug-likeness (QED) is 0.712. The smallest absolute Gasteiger partial charge is 0.258 e. The highest BCUT2D eigenvalue weighted by Crippen LogP contribution is 2.21. The molecule has 0 saturated heterocycles. The number of methoxy groups -OCH3 is 1. The van der Waals surface area contributed by atoms with E-state index in [1.165, 1.54) is 12.2 Å². The molecule has 0 atom stereocenters. The fourth-order valence-corrected chi connectivity index (χ4v) is 1.39. The van der Waals surface area contributed by atoms with Gasteiger partial charge in [-0.25, -0.2) is 4.90 Å². The standard InChI is InChI=1S/C11H9NO3.CH4/c1-15-9-4-2-8(3-5-9)12-10(13)6-7-11(12)14;/h2-7H,1H3;1H4. The number of hydrogen-bond acceptors (Lipinski definition) is 3. The molecule has 0 saturated carbocycles. The van der Waals surface area contributed by atoms with Crippen LogP contribution in [-0.4, -0.2) is 18.9 Å². The zero-order chi connectivity index (χ0) is 10.8. The summed E-state index contributed by atoms with van der Waals surface area (Å²) in [5, 5.41) is 0. The highest BCUT2D eigenvalue weighted by Gasteiger charge is 2.24. The van der Waals surface area contributed by atoms with Gasteiger partial charge in [0.15, 0.2) is 0 Å². The van der Waals surface area contributed by atoms with Crippen molar-refractivity contribution in [3.63, 3.8) is 0 Å². The SMILES string of the molecule is C.COc1ccc(N2C(=O)C=CC2=O)cc1. The Kier molecular flexibility index (Phi) is 3.45. The minimum Gasteiger partial charge on any atom is -0.497 e. The lowest BCUT2D eigenvalue weighted by molar-refractivity contribution is -0.119. The molecule has 2 amide bonds. The molecule has 1 aromatic carbocycles. The fourth-order valence-electron chi connectivity index (χ4n) is 1.39. The lowest BCUT2D eigenvalue weighted by atomic mass is 10.3. The van der Waals surface area contributed by atoms with Gasteiger partial charge in [-0.3, -0.25) is 9.59 Å². The normalized spacial score (nSPS) is 13.9. The summed E-state index contributed by atoms with van der Waals surface area (Å²) in [6.45, 7) is 0. The van der Waals surface area contributed by atoms with E-state index in [4.69, 9.17) is 4.74 Å². The van der Waals surface area contributed by atoms with Gasteiger partial charge in [-0.05, 0) is 24.3 Å². The number of carbonyl (C=O) groups excluding carboxylic acids is 2. The first kappa shape index (κ1) is 12.0. The molecule has 84 valence electrons. The maximum absolute atomic E-state index is 11.3. The summed E-state index contributed by atoms with van der Waals surface area (Å²) in [5.74, 6) is 0.0566. The Morgan fingerprint density at radius 1 is 1.00 bits per heavy atom. The zero-order valence-corrected chi connectivity index (χ0v) is 8.14. The lowest BCUT2D eigenvalue weighted by Gasteiger charge is -2.13. The molecule has 0 N–H and O–H groups in total. The summed E-state index contributed by atoms with van der Waals surface area (Å²) in [4.78, 5) is 23.8. The van der Waals surface area contributed by atoms with Gasteiger partial charge in [-0.1, -0.05) is 7.43 Å². The van der Waals surface area contributed by atoms with E-state index in [0.717, 1.165) is 4.90 Å². The van der Waals surface area contributed by atoms with E-state index >= 15 is 0 Å². The minimum atomic E-state index is -0.315. The molecule has 0 radical (unpaired) electrons. The van der Waals surface area contributed by atoms with Gasteiger partial charge >= 0.3 is 0 Å². The van der Waals surface area contributed by atoms with Crippen LogP contribution in [-0.2, 0) is 9.59 Å². The van der Waals surface area contributed by atoms with Crippen molar-refractivity contribution in [1.82, 2.24) is 0 Å². The summed E-state index contributed by atoms with van der Waals surface area (Å²) in [6.07, 6.45) is 2.51. The van der Waals surface area contributed by atoms with Crippen molar-refractivity contribution in [3.05, 3.63) is 36.4 Å². The first-order valence-corrected chi connectivity index (χ1v) is 4.42. The van der Waals surface area contributed by atoms with Gasteiger partial charge in [0.1, 0.15) is 5.75 Å². The number of carbonyl (C=O) groups is 2. The van der Waals surface area contributed by atoms with Crippen LogP contribution in [0, 0.1) is 0 Å². The van der Waals surface area contributed by atoms with Crippen molar-refractivity contribution in [3.8, 4) is 5.75 Å². The average Bonchev–Trinajstić information content (AvgIpc) is 2.59. The molecule has 16 heavy (non-hydrogen) atoms. The molecular formula is C12H13NO3. The van der Waals surface area contributed by atoms with Gasteiger partial charge in [-0.2, -0.15) is 0 Å². The lowest BCUT2D eigenvalue weighted by Crippen LogP contribution is -2.29. The number of ether oxygens (including phenoxy) is 1. The second kappa shape index (κ2) is 4.61. The molecule has 0 fully saturated rings. The largest absolute Gasteiger partial charge is 0.497 e. The van der Waals surface area contributed by atoms with E-state index in [-0.39, 0.29) is 19.2 Å². The number of amides is 2. The summed E-state index contributed by atoms with van der Waals surface area (Å²) < 4.78 is 4.98. The molecule has 0 aliphatic carbocycles. The highest BCUT2D eigenvalue weighted by molar-refractivity contribution is 6.28. The molecule has 0 spiro atoms. The Labute approximate surface area is 94.1 Å². The van der Waals surface area contributed by atoms with Crippen LogP contribution in [0.1, 0.15) is 7.43 Å². The predicted octanol–water partition coefficient (Wildman–Crippen LogP) is 1.76. The van der Waals surface area contributed by atoms with Crippen LogP contribution in [0.15, 0.2) is 36.4 Å². The predicted molar refractivity (Wildman–Crippen MR) is 61.4 cm³/mol. The van der Waals surface area contributed by atoms with Crippen LogP contribution in [0.3, 0.4) is 0 Å². The van der Waals surface area contributed by atoms with Crippen molar-refractivity contribution in [1.29, 1.82) is 0 Å². The summed E-state index contributed by atoms with van der Waals surface area (Å²) in [7, 11) is 1.56. The van der Waals surface area contributed by atoms with Crippen molar-refractivity contribution in [2.24, 2.45) is 0 Å². The molecule has 4 heteroatoms. The third kappa shape index (κ3) is 1.95. The zero-order valence-electron chi connectivity index (χ0n) is 8.14. The molecule has 0 unspecified atom stereocenters. The number of benzene rings is 1. The van der Waals surface area contributed by atoms with Gasteiger partial charge in [0.2, 0.25) is 0 Å². The summed E-state index contributed by atoms with van der Waals surface area (Å²) in [6, 6.07) is 6.74. The molecule has 2 rings (SSSR count). The Morgan fingerprint density at radius 2 is 1.50 bits per heavy atom. The second-order valence-electron chi connectivity index (χ2n) is 3.04. The fraction of sp³-hybridized carbons (Fsp3) is 0.167. The Hall–Kier alpha value is -2.10. The van der Waals surface area contributed by atoms with Crippen molar-refractivity contribution in [2.75, 3.05) is 12.0 Å². The van der Waals surface area contributed by atoms with Crippen LogP contribution < -0.4 is 9.64 Å². The Balaban J connectivity index is 0.00000128. The maximum Gasteiger partial charge on any atom is 0.258 e. The van der Waals surface area contributed by atoms with Gasteiger partial charge < -0.3 is 4.74 Å². The van der Waals surface area contributed by atoms with Gasteiger partial charge in [0.05, 0.1) is 12.8 Å².